The molecule has 1 saturated heterocycles. The third-order valence-corrected chi connectivity index (χ3v) is 7.88. The van der Waals surface area contributed by atoms with E-state index in [1.54, 1.807) is 12.4 Å². The molecule has 4 rings (SSSR count). The van der Waals surface area contributed by atoms with Crippen LogP contribution >= 0.6 is 0 Å². The van der Waals surface area contributed by atoms with E-state index >= 15 is 0 Å². The molecule has 1 aliphatic carbocycles. The molecular weight excluding hydrogens is 394 g/mol. The molecule has 1 aromatic carbocycles. The summed E-state index contributed by atoms with van der Waals surface area (Å²) in [5.41, 5.74) is 3.94. The fourth-order valence-corrected chi connectivity index (χ4v) is 5.58. The summed E-state index contributed by atoms with van der Waals surface area (Å²) in [6.45, 7) is 6.94. The molecule has 1 unspecified atom stereocenters. The standard InChI is InChI=1S/C24H29N3O2S/c1-17(2)27-11-8-23(9-12-27)30(29)22-5-3-18(4-6-22)15-26-24(28)20-13-19-7-10-25-16-21(19)14-20/h3-7,10,14,16-17,23H,8-9,11-13,15H2,1-2H3,(H,26,28). The number of hydrogen-bond acceptors (Lipinski definition) is 4. The smallest absolute Gasteiger partial charge is 0.247 e. The van der Waals surface area contributed by atoms with Crippen LogP contribution < -0.4 is 5.32 Å². The minimum Gasteiger partial charge on any atom is -0.348 e. The van der Waals surface area contributed by atoms with Gasteiger partial charge in [0.1, 0.15) is 0 Å². The molecule has 1 N–H and O–H groups in total. The van der Waals surface area contributed by atoms with Crippen molar-refractivity contribution in [3.05, 3.63) is 65.0 Å². The van der Waals surface area contributed by atoms with Gasteiger partial charge in [0.15, 0.2) is 0 Å². The molecular formula is C24H29N3O2S. The number of nitrogens with one attached hydrogen (secondary N) is 1. The maximum Gasteiger partial charge on any atom is 0.247 e. The number of carbonyl (C=O) groups is 1. The Hall–Kier alpha value is -2.31. The zero-order valence-corrected chi connectivity index (χ0v) is 18.5. The second kappa shape index (κ2) is 9.23. The lowest BCUT2D eigenvalue weighted by Crippen LogP contribution is -2.41. The molecule has 0 spiro atoms. The molecule has 0 saturated carbocycles. The molecule has 0 radical (unpaired) electrons. The molecule has 30 heavy (non-hydrogen) atoms. The van der Waals surface area contributed by atoms with Gasteiger partial charge in [0.25, 0.3) is 0 Å². The highest BCUT2D eigenvalue weighted by Crippen LogP contribution is 2.24. The summed E-state index contributed by atoms with van der Waals surface area (Å²) >= 11 is 0. The Kier molecular flexibility index (Phi) is 6.44. The van der Waals surface area contributed by atoms with Gasteiger partial charge in [-0.15, -0.1) is 0 Å². The summed E-state index contributed by atoms with van der Waals surface area (Å²) in [6, 6.07) is 10.3. The molecule has 2 heterocycles. The second-order valence-corrected chi connectivity index (χ2v) is 10.1. The van der Waals surface area contributed by atoms with Gasteiger partial charge in [-0.2, -0.15) is 0 Å². The van der Waals surface area contributed by atoms with Gasteiger partial charge in [-0.1, -0.05) is 12.1 Å². The number of carbonyl (C=O) groups excluding carboxylic acids is 1. The Labute approximate surface area is 181 Å². The lowest BCUT2D eigenvalue weighted by atomic mass is 10.1. The number of hydrogen-bond donors (Lipinski definition) is 1. The molecule has 1 amide bonds. The minimum atomic E-state index is -0.973. The van der Waals surface area contributed by atoms with Gasteiger partial charge in [-0.3, -0.25) is 14.0 Å². The third kappa shape index (κ3) is 4.71. The van der Waals surface area contributed by atoms with Crippen molar-refractivity contribution < 1.29 is 9.00 Å². The zero-order chi connectivity index (χ0) is 21.1. The maximum atomic E-state index is 12.9. The van der Waals surface area contributed by atoms with E-state index in [1.165, 1.54) is 0 Å². The quantitative estimate of drug-likeness (QED) is 0.774. The first-order valence-corrected chi connectivity index (χ1v) is 11.9. The molecule has 1 atom stereocenters. The van der Waals surface area contributed by atoms with Gasteiger partial charge < -0.3 is 10.2 Å². The topological polar surface area (TPSA) is 62.3 Å². The van der Waals surface area contributed by atoms with Crippen molar-refractivity contribution in [3.8, 4) is 0 Å². The van der Waals surface area contributed by atoms with Crippen molar-refractivity contribution in [2.24, 2.45) is 0 Å². The van der Waals surface area contributed by atoms with Crippen LogP contribution in [-0.2, 0) is 28.6 Å². The lowest BCUT2D eigenvalue weighted by molar-refractivity contribution is -0.117. The normalized spacial score (nSPS) is 18.2. The number of likely N-dealkylation sites (tertiary alicyclic amines) is 1. The van der Waals surface area contributed by atoms with E-state index in [9.17, 15) is 9.00 Å². The first-order chi connectivity index (χ1) is 14.5. The first kappa shape index (κ1) is 20.9. The highest BCUT2D eigenvalue weighted by molar-refractivity contribution is 7.85. The minimum absolute atomic E-state index is 0.0456. The number of benzene rings is 1. The van der Waals surface area contributed by atoms with Crippen molar-refractivity contribution in [3.63, 3.8) is 0 Å². The molecule has 158 valence electrons. The Morgan fingerprint density at radius 1 is 1.20 bits per heavy atom. The highest BCUT2D eigenvalue weighted by atomic mass is 32.2. The SMILES string of the molecule is CC(C)N1CCC(S(=O)c2ccc(CNC(=O)C3=Cc4cnccc4C3)cc2)CC1. The molecule has 1 aliphatic heterocycles. The number of amides is 1. The number of piperidine rings is 1. The van der Waals surface area contributed by atoms with Crippen molar-refractivity contribution in [1.82, 2.24) is 15.2 Å². The number of pyridine rings is 1. The summed E-state index contributed by atoms with van der Waals surface area (Å²) in [4.78, 5) is 19.9. The van der Waals surface area contributed by atoms with Gasteiger partial charge in [0.2, 0.25) is 5.91 Å². The zero-order valence-electron chi connectivity index (χ0n) is 17.6. The van der Waals surface area contributed by atoms with Crippen LogP contribution in [0.25, 0.3) is 6.08 Å². The van der Waals surface area contributed by atoms with E-state index in [1.807, 2.05) is 36.4 Å². The Balaban J connectivity index is 1.29. The first-order valence-electron chi connectivity index (χ1n) is 10.7. The van der Waals surface area contributed by atoms with Crippen molar-refractivity contribution >= 4 is 22.8 Å². The maximum absolute atomic E-state index is 12.9. The number of aromatic nitrogens is 1. The summed E-state index contributed by atoms with van der Waals surface area (Å²) < 4.78 is 12.9. The predicted octanol–water partition coefficient (Wildman–Crippen LogP) is 3.32. The number of nitrogens with zero attached hydrogens (tertiary/aromatic N) is 2. The molecule has 1 aromatic heterocycles. The van der Waals surface area contributed by atoms with Gasteiger partial charge in [-0.05, 0) is 80.7 Å². The monoisotopic (exact) mass is 423 g/mol. The predicted molar refractivity (Wildman–Crippen MR) is 120 cm³/mol. The van der Waals surface area contributed by atoms with Crippen LogP contribution in [0.2, 0.25) is 0 Å². The number of fused-ring (bicyclic) bond motifs is 1. The van der Waals surface area contributed by atoms with E-state index in [0.29, 0.717) is 19.0 Å². The summed E-state index contributed by atoms with van der Waals surface area (Å²) in [7, 11) is -0.973. The van der Waals surface area contributed by atoms with Gasteiger partial charge >= 0.3 is 0 Å². The molecule has 2 aromatic rings. The molecule has 5 nitrogen and oxygen atoms in total. The van der Waals surface area contributed by atoms with Gasteiger partial charge in [0.05, 0.1) is 10.8 Å². The van der Waals surface area contributed by atoms with E-state index in [-0.39, 0.29) is 11.2 Å². The van der Waals surface area contributed by atoms with Crippen LogP contribution in [0, 0.1) is 0 Å². The fraction of sp³-hybridized carbons (Fsp3) is 0.417. The summed E-state index contributed by atoms with van der Waals surface area (Å²) in [5.74, 6) is -0.0456. The summed E-state index contributed by atoms with van der Waals surface area (Å²) in [6.07, 6.45) is 8.07. The molecule has 0 bridgehead atoms. The molecule has 2 aliphatic rings. The van der Waals surface area contributed by atoms with Crippen LogP contribution in [0.4, 0.5) is 0 Å². The Morgan fingerprint density at radius 2 is 1.93 bits per heavy atom. The van der Waals surface area contributed by atoms with Gasteiger partial charge in [0, 0.05) is 47.1 Å². The van der Waals surface area contributed by atoms with Crippen molar-refractivity contribution in [2.75, 3.05) is 13.1 Å². The van der Waals surface area contributed by atoms with Crippen molar-refractivity contribution in [2.45, 2.75) is 55.8 Å². The van der Waals surface area contributed by atoms with E-state index in [2.05, 4.69) is 29.0 Å². The second-order valence-electron chi connectivity index (χ2n) is 8.37. The van der Waals surface area contributed by atoms with Crippen molar-refractivity contribution in [1.29, 1.82) is 0 Å². The van der Waals surface area contributed by atoms with E-state index in [0.717, 1.165) is 53.1 Å². The third-order valence-electron chi connectivity index (χ3n) is 6.07. The Morgan fingerprint density at radius 3 is 2.60 bits per heavy atom. The Bertz CT molecular complexity index is 961. The van der Waals surface area contributed by atoms with E-state index in [4.69, 9.17) is 0 Å². The average molecular weight is 424 g/mol. The largest absolute Gasteiger partial charge is 0.348 e. The molecule has 1 fully saturated rings. The highest BCUT2D eigenvalue weighted by Gasteiger charge is 2.26. The average Bonchev–Trinajstić information content (AvgIpc) is 3.22. The van der Waals surface area contributed by atoms with Crippen LogP contribution in [0.3, 0.4) is 0 Å². The van der Waals surface area contributed by atoms with Crippen LogP contribution in [0.5, 0.6) is 0 Å². The fourth-order valence-electron chi connectivity index (χ4n) is 4.15. The van der Waals surface area contributed by atoms with Crippen LogP contribution in [0.15, 0.2) is 53.2 Å². The van der Waals surface area contributed by atoms with E-state index < -0.39 is 10.8 Å². The van der Waals surface area contributed by atoms with Crippen LogP contribution in [-0.4, -0.2) is 44.4 Å². The summed E-state index contributed by atoms with van der Waals surface area (Å²) in [5, 5.41) is 3.23. The lowest BCUT2D eigenvalue weighted by Gasteiger charge is -2.34. The van der Waals surface area contributed by atoms with Gasteiger partial charge in [-0.25, -0.2) is 0 Å². The van der Waals surface area contributed by atoms with Crippen LogP contribution in [0.1, 0.15) is 43.4 Å². The molecule has 6 heteroatoms. The number of rotatable bonds is 6.